The fraction of sp³-hybridized carbons (Fsp3) is 0.167. The van der Waals surface area contributed by atoms with Crippen molar-refractivity contribution in [2.45, 2.75) is 0 Å². The summed E-state index contributed by atoms with van der Waals surface area (Å²) in [5.41, 5.74) is 3.30. The highest BCUT2D eigenvalue weighted by atomic mass is 16.5. The monoisotopic (exact) mass is 404 g/mol. The van der Waals surface area contributed by atoms with Crippen LogP contribution in [-0.2, 0) is 0 Å². The molecule has 0 aliphatic rings. The summed E-state index contributed by atoms with van der Waals surface area (Å²) < 4.78 is 21.2. The maximum Gasteiger partial charge on any atom is 0.161 e. The van der Waals surface area contributed by atoms with Crippen LogP contribution in [0.3, 0.4) is 0 Å². The summed E-state index contributed by atoms with van der Waals surface area (Å²) in [6.07, 6.45) is 3.54. The largest absolute Gasteiger partial charge is 0.493 e. The molecule has 3 aromatic carbocycles. The van der Waals surface area contributed by atoms with Crippen LogP contribution >= 0.6 is 0 Å². The van der Waals surface area contributed by atoms with Crippen molar-refractivity contribution in [2.75, 3.05) is 28.4 Å². The number of para-hydroxylation sites is 2. The zero-order valence-corrected chi connectivity index (χ0v) is 17.5. The van der Waals surface area contributed by atoms with Crippen LogP contribution in [0.4, 0.5) is 11.4 Å². The Kier molecular flexibility index (Phi) is 7.05. The molecule has 0 spiro atoms. The van der Waals surface area contributed by atoms with Gasteiger partial charge >= 0.3 is 0 Å². The number of aliphatic imine (C=N–C) groups is 2. The zero-order valence-electron chi connectivity index (χ0n) is 17.5. The first-order valence-electron chi connectivity index (χ1n) is 9.29. The molecule has 0 atom stereocenters. The summed E-state index contributed by atoms with van der Waals surface area (Å²) >= 11 is 0. The molecule has 0 saturated heterocycles. The smallest absolute Gasteiger partial charge is 0.161 e. The fourth-order valence-corrected chi connectivity index (χ4v) is 2.84. The summed E-state index contributed by atoms with van der Waals surface area (Å²) in [5, 5.41) is 0. The summed E-state index contributed by atoms with van der Waals surface area (Å²) in [6, 6.07) is 19.0. The van der Waals surface area contributed by atoms with E-state index in [4.69, 9.17) is 18.9 Å². The normalized spacial score (nSPS) is 11.1. The highest BCUT2D eigenvalue weighted by Gasteiger charge is 2.05. The molecule has 0 aromatic heterocycles. The van der Waals surface area contributed by atoms with E-state index in [1.807, 2.05) is 60.7 Å². The molecular weight excluding hydrogens is 380 g/mol. The number of hydrogen-bond acceptors (Lipinski definition) is 6. The molecule has 3 aromatic rings. The van der Waals surface area contributed by atoms with Crippen LogP contribution in [0, 0.1) is 0 Å². The average molecular weight is 404 g/mol. The molecule has 0 aliphatic heterocycles. The third-order valence-electron chi connectivity index (χ3n) is 4.40. The van der Waals surface area contributed by atoms with Gasteiger partial charge in [-0.05, 0) is 59.7 Å². The van der Waals surface area contributed by atoms with Crippen molar-refractivity contribution in [2.24, 2.45) is 9.98 Å². The van der Waals surface area contributed by atoms with Crippen LogP contribution in [0.2, 0.25) is 0 Å². The molecule has 0 heterocycles. The van der Waals surface area contributed by atoms with Crippen molar-refractivity contribution in [3.8, 4) is 23.0 Å². The molecule has 0 unspecified atom stereocenters. The lowest BCUT2D eigenvalue weighted by atomic mass is 10.2. The number of hydrogen-bond donors (Lipinski definition) is 0. The second kappa shape index (κ2) is 10.1. The van der Waals surface area contributed by atoms with Crippen molar-refractivity contribution in [1.29, 1.82) is 0 Å². The van der Waals surface area contributed by atoms with Gasteiger partial charge in [0.2, 0.25) is 0 Å². The van der Waals surface area contributed by atoms with Crippen LogP contribution < -0.4 is 18.9 Å². The van der Waals surface area contributed by atoms with Crippen LogP contribution in [-0.4, -0.2) is 40.9 Å². The molecule has 154 valence electrons. The number of benzene rings is 3. The van der Waals surface area contributed by atoms with Gasteiger partial charge in [0.05, 0.1) is 39.8 Å². The number of rotatable bonds is 8. The van der Waals surface area contributed by atoms with E-state index in [9.17, 15) is 0 Å². The van der Waals surface area contributed by atoms with E-state index in [0.717, 1.165) is 22.5 Å². The lowest BCUT2D eigenvalue weighted by molar-refractivity contribution is 0.355. The second-order valence-electron chi connectivity index (χ2n) is 6.23. The third-order valence-corrected chi connectivity index (χ3v) is 4.40. The van der Waals surface area contributed by atoms with Gasteiger partial charge < -0.3 is 18.9 Å². The SMILES string of the molecule is COc1ccc(C=Nc2ccccc2N=Cc2ccc(OC)c(OC)c2)cc1OC. The predicted molar refractivity (Wildman–Crippen MR) is 120 cm³/mol. The molecule has 30 heavy (non-hydrogen) atoms. The highest BCUT2D eigenvalue weighted by molar-refractivity contribution is 5.87. The summed E-state index contributed by atoms with van der Waals surface area (Å²) in [6.45, 7) is 0. The second-order valence-corrected chi connectivity index (χ2v) is 6.23. The van der Waals surface area contributed by atoms with Crippen LogP contribution in [0.15, 0.2) is 70.6 Å². The van der Waals surface area contributed by atoms with E-state index in [1.165, 1.54) is 0 Å². The Balaban J connectivity index is 1.84. The first-order valence-corrected chi connectivity index (χ1v) is 9.29. The first-order chi connectivity index (χ1) is 14.7. The van der Waals surface area contributed by atoms with Crippen LogP contribution in [0.1, 0.15) is 11.1 Å². The van der Waals surface area contributed by atoms with Crippen molar-refractivity contribution >= 4 is 23.8 Å². The van der Waals surface area contributed by atoms with Gasteiger partial charge in [-0.25, -0.2) is 0 Å². The minimum Gasteiger partial charge on any atom is -0.493 e. The van der Waals surface area contributed by atoms with E-state index in [0.29, 0.717) is 23.0 Å². The molecule has 0 fully saturated rings. The Morgan fingerprint density at radius 2 is 0.933 bits per heavy atom. The molecule has 6 nitrogen and oxygen atoms in total. The van der Waals surface area contributed by atoms with Gasteiger partial charge in [-0.15, -0.1) is 0 Å². The average Bonchev–Trinajstić information content (AvgIpc) is 2.81. The molecule has 0 saturated carbocycles. The standard InChI is InChI=1S/C24H24N2O4/c1-27-21-11-9-17(13-23(21)29-3)15-25-19-7-5-6-8-20(19)26-16-18-10-12-22(28-2)24(14-18)30-4/h5-16H,1-4H3. The highest BCUT2D eigenvalue weighted by Crippen LogP contribution is 2.30. The molecule has 0 bridgehead atoms. The van der Waals surface area contributed by atoms with Gasteiger partial charge in [0.25, 0.3) is 0 Å². The van der Waals surface area contributed by atoms with Gasteiger partial charge in [-0.3, -0.25) is 9.98 Å². The van der Waals surface area contributed by atoms with E-state index in [-0.39, 0.29) is 0 Å². The van der Waals surface area contributed by atoms with E-state index < -0.39 is 0 Å². The van der Waals surface area contributed by atoms with Crippen LogP contribution in [0.25, 0.3) is 0 Å². The quantitative estimate of drug-likeness (QED) is 0.483. The van der Waals surface area contributed by atoms with Crippen molar-refractivity contribution in [3.63, 3.8) is 0 Å². The van der Waals surface area contributed by atoms with Gasteiger partial charge in [0.1, 0.15) is 0 Å². The Morgan fingerprint density at radius 3 is 1.30 bits per heavy atom. The number of methoxy groups -OCH3 is 4. The zero-order chi connectivity index (χ0) is 21.3. The number of ether oxygens (including phenoxy) is 4. The molecule has 0 aliphatic carbocycles. The van der Waals surface area contributed by atoms with Gasteiger partial charge in [-0.2, -0.15) is 0 Å². The Morgan fingerprint density at radius 1 is 0.533 bits per heavy atom. The van der Waals surface area contributed by atoms with Crippen molar-refractivity contribution in [3.05, 3.63) is 71.8 Å². The number of nitrogens with zero attached hydrogens (tertiary/aromatic N) is 2. The summed E-state index contributed by atoms with van der Waals surface area (Å²) in [5.74, 6) is 2.66. The summed E-state index contributed by atoms with van der Waals surface area (Å²) in [4.78, 5) is 9.20. The van der Waals surface area contributed by atoms with Crippen molar-refractivity contribution in [1.82, 2.24) is 0 Å². The minimum atomic E-state index is 0.654. The molecule has 3 rings (SSSR count). The maximum absolute atomic E-state index is 5.35. The molecule has 0 radical (unpaired) electrons. The van der Waals surface area contributed by atoms with Gasteiger partial charge in [0, 0.05) is 12.4 Å². The van der Waals surface area contributed by atoms with E-state index >= 15 is 0 Å². The van der Waals surface area contributed by atoms with Crippen LogP contribution in [0.5, 0.6) is 23.0 Å². The van der Waals surface area contributed by atoms with Gasteiger partial charge in [0.15, 0.2) is 23.0 Å². The maximum atomic E-state index is 5.35. The minimum absolute atomic E-state index is 0.654. The topological polar surface area (TPSA) is 61.6 Å². The van der Waals surface area contributed by atoms with E-state index in [2.05, 4.69) is 9.98 Å². The molecule has 0 N–H and O–H groups in total. The summed E-state index contributed by atoms with van der Waals surface area (Å²) in [7, 11) is 6.43. The third kappa shape index (κ3) is 4.97. The van der Waals surface area contributed by atoms with Gasteiger partial charge in [-0.1, -0.05) is 12.1 Å². The lowest BCUT2D eigenvalue weighted by Crippen LogP contribution is -1.92. The van der Waals surface area contributed by atoms with E-state index in [1.54, 1.807) is 40.9 Å². The first kappa shape index (κ1) is 20.9. The van der Waals surface area contributed by atoms with Crippen molar-refractivity contribution < 1.29 is 18.9 Å². The molecule has 6 heteroatoms. The Labute approximate surface area is 176 Å². The fourth-order valence-electron chi connectivity index (χ4n) is 2.84. The lowest BCUT2D eigenvalue weighted by Gasteiger charge is -2.08. The molecule has 0 amide bonds. The Hall–Kier alpha value is -3.80. The predicted octanol–water partition coefficient (Wildman–Crippen LogP) is 5.22. The molecular formula is C24H24N2O4. The Bertz CT molecular complexity index is 976.